The summed E-state index contributed by atoms with van der Waals surface area (Å²) in [7, 11) is 0. The van der Waals surface area contributed by atoms with Gasteiger partial charge in [-0.25, -0.2) is 4.79 Å². The van der Waals surface area contributed by atoms with Gasteiger partial charge in [0.1, 0.15) is 0 Å². The molecule has 2 atom stereocenters. The summed E-state index contributed by atoms with van der Waals surface area (Å²) in [5, 5.41) is 10.0. The Labute approximate surface area is 101 Å². The van der Waals surface area contributed by atoms with Gasteiger partial charge in [-0.05, 0) is 20.3 Å². The number of nitrogens with zero attached hydrogens (tertiary/aromatic N) is 2. The number of hydrogen-bond acceptors (Lipinski definition) is 3. The Bertz CT molecular complexity index is 416. The number of hydrogen-bond donors (Lipinski definition) is 1. The maximum atomic E-state index is 11.9. The fourth-order valence-electron chi connectivity index (χ4n) is 2.17. The average molecular weight is 240 g/mol. The molecule has 1 aliphatic heterocycles. The van der Waals surface area contributed by atoms with Crippen LogP contribution in [0.25, 0.3) is 0 Å². The lowest BCUT2D eigenvalue weighted by molar-refractivity contribution is 0.0768. The van der Waals surface area contributed by atoms with E-state index in [1.165, 1.54) is 0 Å². The van der Waals surface area contributed by atoms with Crippen LogP contribution >= 0.6 is 0 Å². The van der Waals surface area contributed by atoms with Crippen molar-refractivity contribution in [1.29, 1.82) is 0 Å². The Morgan fingerprint density at radius 3 is 2.82 bits per heavy atom. The van der Waals surface area contributed by atoms with Crippen molar-refractivity contribution in [2.75, 3.05) is 13.2 Å². The second kappa shape index (κ2) is 5.06. The van der Waals surface area contributed by atoms with Crippen LogP contribution in [-0.2, 0) is 11.3 Å². The van der Waals surface area contributed by atoms with Gasteiger partial charge in [-0.15, -0.1) is 0 Å². The van der Waals surface area contributed by atoms with Crippen LogP contribution < -0.4 is 5.69 Å². The summed E-state index contributed by atoms with van der Waals surface area (Å²) in [5.41, 5.74) is -0.0574. The van der Waals surface area contributed by atoms with Crippen molar-refractivity contribution in [1.82, 2.24) is 9.13 Å². The zero-order chi connectivity index (χ0) is 12.4. The van der Waals surface area contributed by atoms with Crippen LogP contribution in [0.5, 0.6) is 0 Å². The van der Waals surface area contributed by atoms with Gasteiger partial charge in [0.25, 0.3) is 0 Å². The molecule has 2 heterocycles. The van der Waals surface area contributed by atoms with E-state index in [-0.39, 0.29) is 17.6 Å². The Hall–Kier alpha value is -1.07. The fourth-order valence-corrected chi connectivity index (χ4v) is 2.17. The van der Waals surface area contributed by atoms with E-state index in [2.05, 4.69) is 0 Å². The molecular weight excluding hydrogens is 220 g/mol. The summed E-state index contributed by atoms with van der Waals surface area (Å²) >= 11 is 0. The number of imidazole rings is 1. The first-order valence-corrected chi connectivity index (χ1v) is 6.12. The lowest BCUT2D eigenvalue weighted by atomic mass is 10.0. The van der Waals surface area contributed by atoms with Gasteiger partial charge in [0, 0.05) is 31.0 Å². The molecule has 1 aromatic heterocycles. The summed E-state index contributed by atoms with van der Waals surface area (Å²) in [6, 6.07) is 0.149. The van der Waals surface area contributed by atoms with Crippen LogP contribution in [0.2, 0.25) is 0 Å². The van der Waals surface area contributed by atoms with E-state index in [9.17, 15) is 9.90 Å². The summed E-state index contributed by atoms with van der Waals surface area (Å²) in [6.07, 6.45) is 3.88. The Balaban J connectivity index is 2.05. The van der Waals surface area contributed by atoms with Gasteiger partial charge < -0.3 is 9.84 Å². The van der Waals surface area contributed by atoms with Crippen LogP contribution in [-0.4, -0.2) is 33.6 Å². The second-order valence-corrected chi connectivity index (χ2v) is 4.93. The SMILES string of the molecule is CC(C)n1ccn(CC(O)C2CCOC2)c1=O. The lowest BCUT2D eigenvalue weighted by Crippen LogP contribution is -2.32. The molecule has 1 N–H and O–H groups in total. The van der Waals surface area contributed by atoms with Crippen molar-refractivity contribution >= 4 is 0 Å². The van der Waals surface area contributed by atoms with E-state index in [0.717, 1.165) is 6.42 Å². The standard InChI is InChI=1S/C12H20N2O3/c1-9(2)14-5-4-13(12(14)16)7-11(15)10-3-6-17-8-10/h4-5,9-11,15H,3,6-8H2,1-2H3. The van der Waals surface area contributed by atoms with Gasteiger partial charge in [0.15, 0.2) is 0 Å². The van der Waals surface area contributed by atoms with Crippen molar-refractivity contribution in [2.45, 2.75) is 39.0 Å². The fraction of sp³-hybridized carbons (Fsp3) is 0.750. The second-order valence-electron chi connectivity index (χ2n) is 4.93. The zero-order valence-corrected chi connectivity index (χ0v) is 10.4. The van der Waals surface area contributed by atoms with Crippen molar-refractivity contribution < 1.29 is 9.84 Å². The molecule has 0 radical (unpaired) electrons. The minimum absolute atomic E-state index is 0.0574. The molecule has 0 aliphatic carbocycles. The monoisotopic (exact) mass is 240 g/mol. The maximum Gasteiger partial charge on any atom is 0.328 e. The lowest BCUT2D eigenvalue weighted by Gasteiger charge is -2.16. The smallest absolute Gasteiger partial charge is 0.328 e. The van der Waals surface area contributed by atoms with E-state index < -0.39 is 6.10 Å². The third kappa shape index (κ3) is 2.61. The molecule has 5 nitrogen and oxygen atoms in total. The first-order valence-electron chi connectivity index (χ1n) is 6.12. The molecule has 1 aromatic rings. The molecule has 17 heavy (non-hydrogen) atoms. The van der Waals surface area contributed by atoms with Crippen LogP contribution in [0.15, 0.2) is 17.2 Å². The van der Waals surface area contributed by atoms with E-state index in [0.29, 0.717) is 19.8 Å². The molecular formula is C12H20N2O3. The molecule has 0 bridgehead atoms. The number of rotatable bonds is 4. The number of aromatic nitrogens is 2. The maximum absolute atomic E-state index is 11.9. The molecule has 96 valence electrons. The van der Waals surface area contributed by atoms with Gasteiger partial charge in [-0.3, -0.25) is 9.13 Å². The molecule has 0 amide bonds. The molecule has 5 heteroatoms. The van der Waals surface area contributed by atoms with E-state index in [4.69, 9.17) is 4.74 Å². The van der Waals surface area contributed by atoms with Gasteiger partial charge in [-0.2, -0.15) is 0 Å². The number of ether oxygens (including phenoxy) is 1. The minimum atomic E-state index is -0.502. The minimum Gasteiger partial charge on any atom is -0.391 e. The number of aliphatic hydroxyl groups excluding tert-OH is 1. The quantitative estimate of drug-likeness (QED) is 0.839. The molecule has 0 saturated carbocycles. The molecule has 0 spiro atoms. The normalized spacial score (nSPS) is 22.2. The van der Waals surface area contributed by atoms with Crippen molar-refractivity contribution in [3.05, 3.63) is 22.9 Å². The third-order valence-corrected chi connectivity index (χ3v) is 3.32. The van der Waals surface area contributed by atoms with Gasteiger partial charge >= 0.3 is 5.69 Å². The molecule has 0 aromatic carbocycles. The third-order valence-electron chi connectivity index (χ3n) is 3.32. The first kappa shape index (κ1) is 12.4. The molecule has 2 rings (SSSR count). The van der Waals surface area contributed by atoms with E-state index in [1.807, 2.05) is 13.8 Å². The van der Waals surface area contributed by atoms with Gasteiger partial charge in [0.2, 0.25) is 0 Å². The molecule has 2 unspecified atom stereocenters. The highest BCUT2D eigenvalue weighted by Crippen LogP contribution is 2.17. The van der Waals surface area contributed by atoms with Crippen molar-refractivity contribution in [2.24, 2.45) is 5.92 Å². The largest absolute Gasteiger partial charge is 0.391 e. The first-order chi connectivity index (χ1) is 8.09. The van der Waals surface area contributed by atoms with Gasteiger partial charge in [0.05, 0.1) is 19.3 Å². The van der Waals surface area contributed by atoms with Crippen LogP contribution in [0, 0.1) is 5.92 Å². The zero-order valence-electron chi connectivity index (χ0n) is 10.4. The van der Waals surface area contributed by atoms with E-state index >= 15 is 0 Å². The highest BCUT2D eigenvalue weighted by atomic mass is 16.5. The Kier molecular flexibility index (Phi) is 3.69. The Morgan fingerprint density at radius 1 is 1.53 bits per heavy atom. The van der Waals surface area contributed by atoms with Crippen LogP contribution in [0.4, 0.5) is 0 Å². The summed E-state index contributed by atoms with van der Waals surface area (Å²) in [6.45, 7) is 5.59. The summed E-state index contributed by atoms with van der Waals surface area (Å²) in [4.78, 5) is 11.9. The van der Waals surface area contributed by atoms with Crippen LogP contribution in [0.3, 0.4) is 0 Å². The van der Waals surface area contributed by atoms with Crippen molar-refractivity contribution in [3.63, 3.8) is 0 Å². The topological polar surface area (TPSA) is 56.4 Å². The van der Waals surface area contributed by atoms with Crippen molar-refractivity contribution in [3.8, 4) is 0 Å². The van der Waals surface area contributed by atoms with Crippen LogP contribution in [0.1, 0.15) is 26.3 Å². The highest BCUT2D eigenvalue weighted by Gasteiger charge is 2.24. The predicted molar refractivity (Wildman–Crippen MR) is 64.0 cm³/mol. The number of aliphatic hydroxyl groups is 1. The van der Waals surface area contributed by atoms with E-state index in [1.54, 1.807) is 21.5 Å². The average Bonchev–Trinajstić information content (AvgIpc) is 2.89. The predicted octanol–water partition coefficient (Wildman–Crippen LogP) is 0.628. The Morgan fingerprint density at radius 2 is 2.29 bits per heavy atom. The molecule has 1 saturated heterocycles. The summed E-state index contributed by atoms with van der Waals surface area (Å²) < 4.78 is 8.47. The van der Waals surface area contributed by atoms with Gasteiger partial charge in [-0.1, -0.05) is 0 Å². The highest BCUT2D eigenvalue weighted by molar-refractivity contribution is 4.85. The molecule has 1 fully saturated rings. The summed E-state index contributed by atoms with van der Waals surface area (Å²) in [5.74, 6) is 0.157. The molecule has 1 aliphatic rings.